The van der Waals surface area contributed by atoms with Gasteiger partial charge in [0.05, 0.1) is 22.3 Å². The highest BCUT2D eigenvalue weighted by Crippen LogP contribution is 2.40. The van der Waals surface area contributed by atoms with Gasteiger partial charge in [0, 0.05) is 0 Å². The summed E-state index contributed by atoms with van der Waals surface area (Å²) in [5, 5.41) is 49.7. The molecule has 0 aliphatic heterocycles. The highest BCUT2D eigenvalue weighted by Gasteiger charge is 2.22. The number of halogens is 2. The summed E-state index contributed by atoms with van der Waals surface area (Å²) in [6, 6.07) is 30.6. The summed E-state index contributed by atoms with van der Waals surface area (Å²) in [7, 11) is 0. The Morgan fingerprint density at radius 1 is 0.431 bits per heavy atom. The molecule has 0 amide bonds. The van der Waals surface area contributed by atoms with Gasteiger partial charge in [-0.15, -0.1) is 0 Å². The predicted octanol–water partition coefficient (Wildman–Crippen LogP) is 13.1. The number of hydrogen-bond donors (Lipinski definition) is 5. The monoisotopic (exact) mass is 814 g/mol. The molecule has 0 saturated carbocycles. The van der Waals surface area contributed by atoms with Gasteiger partial charge >= 0.3 is 0 Å². The number of fused-ring (bicyclic) bond motifs is 3. The Labute approximate surface area is 352 Å². The second kappa shape index (κ2) is 17.2. The van der Waals surface area contributed by atoms with Gasteiger partial charge in [-0.2, -0.15) is 0 Å². The van der Waals surface area contributed by atoms with Crippen LogP contribution in [0.3, 0.4) is 0 Å². The van der Waals surface area contributed by atoms with E-state index in [0.717, 1.165) is 105 Å². The lowest BCUT2D eigenvalue weighted by Gasteiger charge is -2.22. The minimum Gasteiger partial charge on any atom is -0.507 e. The molecule has 7 heteroatoms. The number of aliphatic hydroxyl groups excluding tert-OH is 2. The number of hydrogen-bond acceptors (Lipinski definition) is 5. The van der Waals surface area contributed by atoms with E-state index in [1.54, 1.807) is 12.1 Å². The molecule has 3 aliphatic carbocycles. The number of phenolic OH excluding ortho intramolecular Hbond substituents is 3. The Bertz CT molecular complexity index is 2320. The third kappa shape index (κ3) is 8.65. The summed E-state index contributed by atoms with van der Waals surface area (Å²) in [6.45, 7) is 9.95. The van der Waals surface area contributed by atoms with Crippen LogP contribution in [-0.4, -0.2) is 25.5 Å². The van der Waals surface area contributed by atoms with Crippen molar-refractivity contribution in [1.29, 1.82) is 0 Å². The molecule has 0 aromatic heterocycles. The third-order valence-corrected chi connectivity index (χ3v) is 12.7. The number of aryl methyl sites for hydroxylation is 7. The maximum atomic E-state index is 10.0. The molecule has 0 saturated heterocycles. The molecule has 5 N–H and O–H groups in total. The van der Waals surface area contributed by atoms with E-state index in [9.17, 15) is 25.5 Å². The molecule has 3 atom stereocenters. The molecule has 0 radical (unpaired) electrons. The first kappa shape index (κ1) is 41.4. The lowest BCUT2D eigenvalue weighted by Crippen LogP contribution is -2.08. The van der Waals surface area contributed by atoms with Crippen LogP contribution in [0.5, 0.6) is 17.2 Å². The fraction of sp³-hybridized carbons (Fsp3) is 0.294. The van der Waals surface area contributed by atoms with Crippen molar-refractivity contribution in [3.63, 3.8) is 0 Å². The molecule has 6 aromatic rings. The first-order valence-corrected chi connectivity index (χ1v) is 21.0. The van der Waals surface area contributed by atoms with Crippen molar-refractivity contribution in [2.24, 2.45) is 0 Å². The van der Waals surface area contributed by atoms with Gasteiger partial charge in [0.1, 0.15) is 11.5 Å². The Hall–Kier alpha value is -4.78. The molecule has 9 rings (SSSR count). The molecule has 0 spiro atoms. The van der Waals surface area contributed by atoms with Crippen LogP contribution >= 0.6 is 23.2 Å². The Morgan fingerprint density at radius 2 is 0.810 bits per heavy atom. The van der Waals surface area contributed by atoms with Gasteiger partial charge in [-0.25, -0.2) is 0 Å². The third-order valence-electron chi connectivity index (χ3n) is 12.1. The summed E-state index contributed by atoms with van der Waals surface area (Å²) >= 11 is 12.0. The normalized spacial score (nSPS) is 17.6. The first-order chi connectivity index (χ1) is 27.7. The second-order valence-electron chi connectivity index (χ2n) is 16.3. The van der Waals surface area contributed by atoms with E-state index >= 15 is 0 Å². The average molecular weight is 816 g/mol. The van der Waals surface area contributed by atoms with Crippen LogP contribution in [0.1, 0.15) is 106 Å². The number of rotatable bonds is 3. The minimum atomic E-state index is -0.309. The van der Waals surface area contributed by atoms with Crippen molar-refractivity contribution >= 4 is 23.2 Å². The van der Waals surface area contributed by atoms with Gasteiger partial charge in [-0.3, -0.25) is 0 Å². The van der Waals surface area contributed by atoms with Crippen molar-refractivity contribution in [2.75, 3.05) is 0 Å². The molecule has 5 nitrogen and oxygen atoms in total. The largest absolute Gasteiger partial charge is 0.507 e. The highest BCUT2D eigenvalue weighted by molar-refractivity contribution is 6.37. The smallest absolute Gasteiger partial charge is 0.152 e. The molecule has 58 heavy (non-hydrogen) atoms. The van der Waals surface area contributed by atoms with E-state index in [-0.39, 0.29) is 28.0 Å². The molecular formula is C51H52Cl2O5. The SMILES string of the molecule is CC1CCc2cc(-c3cc(Cl)c(O)c(Cl)c3)ccc21.Cc1cc(-c2ccc3c(c2)CCC3O)cc(C)c1O.Cc1cc(-c2ccc3c(c2)CCCC3O)cc(C)c1O. The fourth-order valence-electron chi connectivity index (χ4n) is 8.73. The Balaban J connectivity index is 0.000000132. The lowest BCUT2D eigenvalue weighted by atomic mass is 9.87. The maximum absolute atomic E-state index is 10.0. The van der Waals surface area contributed by atoms with Crippen LogP contribution in [0.15, 0.2) is 91.0 Å². The van der Waals surface area contributed by atoms with E-state index < -0.39 is 0 Å². The molecule has 6 aromatic carbocycles. The zero-order valence-corrected chi connectivity index (χ0v) is 35.3. The zero-order chi connectivity index (χ0) is 41.4. The summed E-state index contributed by atoms with van der Waals surface area (Å²) < 4.78 is 0. The molecule has 3 unspecified atom stereocenters. The minimum absolute atomic E-state index is 0.0538. The van der Waals surface area contributed by atoms with E-state index in [4.69, 9.17) is 23.2 Å². The van der Waals surface area contributed by atoms with Crippen molar-refractivity contribution < 1.29 is 25.5 Å². The molecule has 300 valence electrons. The highest BCUT2D eigenvalue weighted by atomic mass is 35.5. The number of phenols is 3. The summed E-state index contributed by atoms with van der Waals surface area (Å²) in [4.78, 5) is 0. The van der Waals surface area contributed by atoms with Crippen molar-refractivity contribution in [2.45, 2.75) is 97.7 Å². The van der Waals surface area contributed by atoms with Gasteiger partial charge < -0.3 is 25.5 Å². The van der Waals surface area contributed by atoms with Crippen LogP contribution in [-0.2, 0) is 19.3 Å². The maximum Gasteiger partial charge on any atom is 0.152 e. The molecular weight excluding hydrogens is 763 g/mol. The van der Waals surface area contributed by atoms with Gasteiger partial charge in [-0.05, 0) is 204 Å². The van der Waals surface area contributed by atoms with Crippen LogP contribution in [0.4, 0.5) is 0 Å². The van der Waals surface area contributed by atoms with Gasteiger partial charge in [-0.1, -0.05) is 84.7 Å². The summed E-state index contributed by atoms with van der Waals surface area (Å²) in [5.74, 6) is 1.35. The van der Waals surface area contributed by atoms with Crippen molar-refractivity contribution in [3.8, 4) is 50.6 Å². The van der Waals surface area contributed by atoms with E-state index in [1.807, 2.05) is 64.1 Å². The predicted molar refractivity (Wildman–Crippen MR) is 238 cm³/mol. The van der Waals surface area contributed by atoms with Crippen LogP contribution in [0.25, 0.3) is 33.4 Å². The Morgan fingerprint density at radius 3 is 1.29 bits per heavy atom. The first-order valence-electron chi connectivity index (χ1n) is 20.2. The number of aromatic hydroxyl groups is 3. The summed E-state index contributed by atoms with van der Waals surface area (Å²) in [5.41, 5.74) is 17.7. The van der Waals surface area contributed by atoms with Crippen molar-refractivity contribution in [3.05, 3.63) is 157 Å². The quantitative estimate of drug-likeness (QED) is 0.122. The molecule has 0 fully saturated rings. The summed E-state index contributed by atoms with van der Waals surface area (Å²) in [6.07, 6.45) is 6.46. The van der Waals surface area contributed by atoms with Gasteiger partial charge in [0.25, 0.3) is 0 Å². The van der Waals surface area contributed by atoms with E-state index in [2.05, 4.69) is 49.4 Å². The van der Waals surface area contributed by atoms with E-state index in [1.165, 1.54) is 28.7 Å². The van der Waals surface area contributed by atoms with Crippen molar-refractivity contribution in [1.82, 2.24) is 0 Å². The Kier molecular flexibility index (Phi) is 12.3. The average Bonchev–Trinajstić information content (AvgIpc) is 3.78. The second-order valence-corrected chi connectivity index (χ2v) is 17.2. The standard InChI is InChI=1S/C18H20O2.C17H18O2.C16H14Cl2O/c1-11-8-15(9-12(2)18(11)20)13-6-7-16-14(10-13)4-3-5-17(16)19;1-10-7-14(8-11(2)17(10)19)12-3-5-15-13(9-12)4-6-16(15)18;1-9-2-3-11-6-10(4-5-13(9)11)12-7-14(17)16(19)15(18)8-12/h6-10,17,19-20H,3-5H2,1-2H3;3,5,7-9,16,18-19H,4,6H2,1-2H3;4-9,19H,2-3H2,1H3. The lowest BCUT2D eigenvalue weighted by molar-refractivity contribution is 0.156. The molecule has 0 bridgehead atoms. The van der Waals surface area contributed by atoms with Crippen LogP contribution < -0.4 is 0 Å². The number of benzene rings is 6. The fourth-order valence-corrected chi connectivity index (χ4v) is 9.22. The topological polar surface area (TPSA) is 101 Å². The van der Waals surface area contributed by atoms with Gasteiger partial charge in [0.2, 0.25) is 0 Å². The van der Waals surface area contributed by atoms with Crippen LogP contribution in [0, 0.1) is 27.7 Å². The van der Waals surface area contributed by atoms with Crippen LogP contribution in [0.2, 0.25) is 10.0 Å². The van der Waals surface area contributed by atoms with E-state index in [0.29, 0.717) is 17.4 Å². The molecule has 0 heterocycles. The molecule has 3 aliphatic rings. The van der Waals surface area contributed by atoms with Gasteiger partial charge in [0.15, 0.2) is 5.75 Å². The zero-order valence-electron chi connectivity index (χ0n) is 33.8. The number of aliphatic hydroxyl groups is 2.